The molecule has 1 unspecified atom stereocenters. The summed E-state index contributed by atoms with van der Waals surface area (Å²) in [5, 5.41) is 11.1. The fourth-order valence-corrected chi connectivity index (χ4v) is 3.17. The van der Waals surface area contributed by atoms with E-state index in [-0.39, 0.29) is 29.5 Å². The molecule has 1 aliphatic heterocycles. The number of ether oxygens (including phenoxy) is 2. The highest BCUT2D eigenvalue weighted by Crippen LogP contribution is 2.34. The van der Waals surface area contributed by atoms with Crippen molar-refractivity contribution < 1.29 is 23.4 Å². The van der Waals surface area contributed by atoms with E-state index in [1.54, 1.807) is 6.08 Å². The van der Waals surface area contributed by atoms with Crippen molar-refractivity contribution in [1.82, 2.24) is 4.67 Å². The Morgan fingerprint density at radius 3 is 2.64 bits per heavy atom. The van der Waals surface area contributed by atoms with Crippen molar-refractivity contribution in [3.8, 4) is 0 Å². The first kappa shape index (κ1) is 18.5. The second-order valence-corrected chi connectivity index (χ2v) is 7.00. The minimum Gasteiger partial charge on any atom is -0.490 e. The standard InChI is InChI=1S/C17H18Cl2F2NO3/c18-12-7-22-16(19)11(12)6-13(23)10-3-4-14(25-17(20)21)15(5-10)24-8-9-1-2-9/h5,7,9,13,17,23H,1-4,6,8H2/q+1. The molecule has 0 bridgehead atoms. The van der Waals surface area contributed by atoms with Gasteiger partial charge in [0, 0.05) is 24.4 Å². The highest BCUT2D eigenvalue weighted by Gasteiger charge is 2.30. The minimum absolute atomic E-state index is 0.123. The normalized spacial score (nSPS) is 21.7. The van der Waals surface area contributed by atoms with Gasteiger partial charge in [0.25, 0.3) is 0 Å². The summed E-state index contributed by atoms with van der Waals surface area (Å²) in [6, 6.07) is 0. The number of halogens is 4. The molecule has 0 saturated heterocycles. The van der Waals surface area contributed by atoms with Crippen LogP contribution in [0.3, 0.4) is 0 Å². The lowest BCUT2D eigenvalue weighted by atomic mass is 9.93. The Labute approximate surface area is 154 Å². The minimum atomic E-state index is -2.90. The van der Waals surface area contributed by atoms with Gasteiger partial charge in [0.15, 0.2) is 5.76 Å². The van der Waals surface area contributed by atoms with E-state index < -0.39 is 12.7 Å². The van der Waals surface area contributed by atoms with E-state index in [0.717, 1.165) is 12.8 Å². The van der Waals surface area contributed by atoms with Crippen molar-refractivity contribution in [3.63, 3.8) is 0 Å². The fraction of sp³-hybridized carbons (Fsp3) is 0.529. The lowest BCUT2D eigenvalue weighted by Crippen LogP contribution is -2.18. The molecule has 8 heteroatoms. The monoisotopic (exact) mass is 392 g/mol. The maximum Gasteiger partial charge on any atom is 0.400 e. The maximum absolute atomic E-state index is 12.6. The summed E-state index contributed by atoms with van der Waals surface area (Å²) in [7, 11) is 0. The Hall–Kier alpha value is -1.33. The number of hydrogen-bond donors (Lipinski definition) is 1. The number of alkyl halides is 2. The van der Waals surface area contributed by atoms with Gasteiger partial charge >= 0.3 is 18.0 Å². The third-order valence-corrected chi connectivity index (χ3v) is 4.94. The molecule has 4 nitrogen and oxygen atoms in total. The summed E-state index contributed by atoms with van der Waals surface area (Å²) >= 11 is 12.0. The van der Waals surface area contributed by atoms with Crippen LogP contribution in [0.2, 0.25) is 0 Å². The van der Waals surface area contributed by atoms with E-state index in [1.165, 1.54) is 6.21 Å². The molecule has 1 heterocycles. The van der Waals surface area contributed by atoms with E-state index in [2.05, 4.69) is 9.40 Å². The Bertz CT molecular complexity index is 705. The van der Waals surface area contributed by atoms with Crippen LogP contribution in [-0.2, 0) is 9.47 Å². The van der Waals surface area contributed by atoms with Gasteiger partial charge < -0.3 is 14.6 Å². The number of hydrogen-bond acceptors (Lipinski definition) is 3. The van der Waals surface area contributed by atoms with E-state index in [0.29, 0.717) is 35.1 Å². The molecule has 2 aliphatic carbocycles. The van der Waals surface area contributed by atoms with Crippen LogP contribution in [0.25, 0.3) is 0 Å². The SMILES string of the molecule is OC(CC1=C(Cl)C=[N+]=C1Cl)C1=CC(OCC2CC2)=C(OC(F)F)CC1. The molecule has 0 aromatic rings. The number of rotatable bonds is 8. The predicted molar refractivity (Wildman–Crippen MR) is 92.7 cm³/mol. The smallest absolute Gasteiger partial charge is 0.400 e. The molecule has 0 spiro atoms. The molecule has 0 amide bonds. The first-order valence-electron chi connectivity index (χ1n) is 8.09. The number of aliphatic hydroxyl groups excluding tert-OH is 1. The summed E-state index contributed by atoms with van der Waals surface area (Å²) in [6.45, 7) is -2.43. The maximum atomic E-state index is 12.6. The first-order valence-corrected chi connectivity index (χ1v) is 8.84. The molecule has 0 aromatic heterocycles. The third kappa shape index (κ3) is 4.85. The summed E-state index contributed by atoms with van der Waals surface area (Å²) in [4.78, 5) is 0. The average molecular weight is 393 g/mol. The van der Waals surface area contributed by atoms with Gasteiger partial charge in [0.1, 0.15) is 10.8 Å². The molecule has 1 atom stereocenters. The zero-order chi connectivity index (χ0) is 18.0. The van der Waals surface area contributed by atoms with Gasteiger partial charge in [-0.3, -0.25) is 0 Å². The van der Waals surface area contributed by atoms with Crippen LogP contribution in [0, 0.1) is 5.92 Å². The van der Waals surface area contributed by atoms with Crippen LogP contribution in [0.15, 0.2) is 33.8 Å². The molecule has 1 fully saturated rings. The largest absolute Gasteiger partial charge is 0.490 e. The van der Waals surface area contributed by atoms with Crippen LogP contribution < -0.4 is 4.67 Å². The van der Waals surface area contributed by atoms with E-state index in [4.69, 9.17) is 27.9 Å². The lowest BCUT2D eigenvalue weighted by molar-refractivity contribution is -0.103. The first-order chi connectivity index (χ1) is 11.9. The zero-order valence-electron chi connectivity index (χ0n) is 13.4. The molecular formula is C17H18Cl2F2NO3+. The summed E-state index contributed by atoms with van der Waals surface area (Å²) < 4.78 is 39.3. The number of aliphatic hydroxyl groups is 1. The summed E-state index contributed by atoms with van der Waals surface area (Å²) in [6.07, 6.45) is 5.16. The van der Waals surface area contributed by atoms with E-state index >= 15 is 0 Å². The van der Waals surface area contributed by atoms with Crippen molar-refractivity contribution in [2.24, 2.45) is 5.92 Å². The van der Waals surface area contributed by atoms with E-state index in [1.807, 2.05) is 0 Å². The molecule has 0 aromatic carbocycles. The van der Waals surface area contributed by atoms with Crippen molar-refractivity contribution in [2.75, 3.05) is 6.61 Å². The number of nitrogens with zero attached hydrogens (tertiary/aromatic N) is 1. The van der Waals surface area contributed by atoms with E-state index in [9.17, 15) is 13.9 Å². The highest BCUT2D eigenvalue weighted by molar-refractivity contribution is 6.71. The summed E-state index contributed by atoms with van der Waals surface area (Å²) in [5.41, 5.74) is 1.23. The lowest BCUT2D eigenvalue weighted by Gasteiger charge is -2.23. The molecule has 136 valence electrons. The second kappa shape index (κ2) is 7.92. The van der Waals surface area contributed by atoms with Crippen LogP contribution >= 0.6 is 23.2 Å². The molecular weight excluding hydrogens is 375 g/mol. The van der Waals surface area contributed by atoms with Crippen molar-refractivity contribution in [3.05, 3.63) is 33.8 Å². The zero-order valence-corrected chi connectivity index (χ0v) is 14.9. The van der Waals surface area contributed by atoms with Crippen LogP contribution in [0.4, 0.5) is 8.78 Å². The van der Waals surface area contributed by atoms with Crippen LogP contribution in [0.1, 0.15) is 32.1 Å². The average Bonchev–Trinajstić information content (AvgIpc) is 3.34. The fourth-order valence-electron chi connectivity index (χ4n) is 2.68. The second-order valence-electron chi connectivity index (χ2n) is 6.23. The molecule has 0 radical (unpaired) electrons. The molecule has 1 N–H and O–H groups in total. The topological polar surface area (TPSA) is 52.8 Å². The van der Waals surface area contributed by atoms with Gasteiger partial charge in [0.05, 0.1) is 18.3 Å². The van der Waals surface area contributed by atoms with Gasteiger partial charge in [-0.25, -0.2) is 0 Å². The van der Waals surface area contributed by atoms with Gasteiger partial charge in [-0.1, -0.05) is 16.3 Å². The predicted octanol–water partition coefficient (Wildman–Crippen LogP) is 3.62. The van der Waals surface area contributed by atoms with Gasteiger partial charge in [-0.2, -0.15) is 8.78 Å². The third-order valence-electron chi connectivity index (χ3n) is 4.29. The number of allylic oxidation sites excluding steroid dienone is 3. The highest BCUT2D eigenvalue weighted by atomic mass is 35.5. The molecule has 3 rings (SSSR count). The summed E-state index contributed by atoms with van der Waals surface area (Å²) in [5.74, 6) is 0.861. The van der Waals surface area contributed by atoms with Gasteiger partial charge in [-0.05, 0) is 36.8 Å². The van der Waals surface area contributed by atoms with Crippen molar-refractivity contribution >= 4 is 34.6 Å². The Morgan fingerprint density at radius 1 is 1.28 bits per heavy atom. The Morgan fingerprint density at radius 2 is 2.04 bits per heavy atom. The Balaban J connectivity index is 1.72. The van der Waals surface area contributed by atoms with Crippen molar-refractivity contribution in [1.29, 1.82) is 0 Å². The van der Waals surface area contributed by atoms with Gasteiger partial charge in [-0.15, -0.1) is 0 Å². The van der Waals surface area contributed by atoms with Crippen LogP contribution in [-0.4, -0.2) is 35.8 Å². The molecule has 1 saturated carbocycles. The molecule has 25 heavy (non-hydrogen) atoms. The molecule has 3 aliphatic rings. The quantitative estimate of drug-likeness (QED) is 0.641. The van der Waals surface area contributed by atoms with Crippen LogP contribution in [0.5, 0.6) is 0 Å². The Kier molecular flexibility index (Phi) is 5.85. The van der Waals surface area contributed by atoms with Gasteiger partial charge in [0.2, 0.25) is 0 Å². The van der Waals surface area contributed by atoms with Crippen molar-refractivity contribution in [2.45, 2.75) is 44.8 Å².